The predicted molar refractivity (Wildman–Crippen MR) is 111 cm³/mol. The molecule has 1 amide bonds. The normalized spacial score (nSPS) is 20.5. The molecule has 0 radical (unpaired) electrons. The number of fused-ring (bicyclic) bond motifs is 1. The van der Waals surface area contributed by atoms with Crippen LogP contribution in [-0.2, 0) is 14.8 Å². The maximum absolute atomic E-state index is 14.0. The number of carbonyl (C=O) groups is 1. The first-order valence-corrected chi connectivity index (χ1v) is 12.3. The molecule has 0 aliphatic carbocycles. The van der Waals surface area contributed by atoms with Crippen molar-refractivity contribution >= 4 is 27.7 Å². The zero-order valence-electron chi connectivity index (χ0n) is 16.2. The highest BCUT2D eigenvalue weighted by molar-refractivity contribution is 7.99. The molecule has 160 valence electrons. The van der Waals surface area contributed by atoms with Crippen LogP contribution in [0.5, 0.6) is 0 Å². The molecule has 0 unspecified atom stereocenters. The monoisotopic (exact) mass is 452 g/mol. The van der Waals surface area contributed by atoms with Crippen molar-refractivity contribution in [2.45, 2.75) is 35.1 Å². The van der Waals surface area contributed by atoms with Crippen molar-refractivity contribution in [3.05, 3.63) is 59.7 Å². The van der Waals surface area contributed by atoms with E-state index in [1.807, 2.05) is 0 Å². The van der Waals surface area contributed by atoms with Gasteiger partial charge in [0.25, 0.3) is 0 Å². The highest BCUT2D eigenvalue weighted by Gasteiger charge is 2.34. The van der Waals surface area contributed by atoms with E-state index in [9.17, 15) is 22.0 Å². The lowest BCUT2D eigenvalue weighted by molar-refractivity contribution is -0.127. The summed E-state index contributed by atoms with van der Waals surface area (Å²) in [4.78, 5) is 13.4. The average molecular weight is 453 g/mol. The number of thioether (sulfide) groups is 1. The summed E-state index contributed by atoms with van der Waals surface area (Å²) in [6.45, 7) is 0.307. The smallest absolute Gasteiger partial charge is 0.245 e. The third-order valence-corrected chi connectivity index (χ3v) is 8.66. The van der Waals surface area contributed by atoms with Crippen LogP contribution in [0.3, 0.4) is 0 Å². The minimum absolute atomic E-state index is 0.148. The molecule has 0 saturated carbocycles. The van der Waals surface area contributed by atoms with E-state index in [2.05, 4.69) is 5.32 Å². The van der Waals surface area contributed by atoms with E-state index in [4.69, 9.17) is 0 Å². The van der Waals surface area contributed by atoms with Gasteiger partial charge in [-0.05, 0) is 55.2 Å². The number of nitrogens with one attached hydrogen (secondary N) is 1. The highest BCUT2D eigenvalue weighted by Crippen LogP contribution is 2.37. The molecule has 1 fully saturated rings. The van der Waals surface area contributed by atoms with Crippen molar-refractivity contribution in [3.8, 4) is 0 Å². The Balaban J connectivity index is 1.40. The van der Waals surface area contributed by atoms with Crippen molar-refractivity contribution < 1.29 is 22.0 Å². The van der Waals surface area contributed by atoms with Crippen LogP contribution >= 0.6 is 11.8 Å². The number of carbonyl (C=O) groups excluding carboxylic acids is 1. The summed E-state index contributed by atoms with van der Waals surface area (Å²) in [5.74, 6) is -0.752. The summed E-state index contributed by atoms with van der Waals surface area (Å²) in [5, 5.41) is 3.02. The van der Waals surface area contributed by atoms with Gasteiger partial charge in [0, 0.05) is 29.7 Å². The van der Waals surface area contributed by atoms with Gasteiger partial charge in [0.05, 0.1) is 6.04 Å². The number of piperidine rings is 1. The summed E-state index contributed by atoms with van der Waals surface area (Å²) >= 11 is 1.64. The largest absolute Gasteiger partial charge is 0.349 e. The first-order chi connectivity index (χ1) is 14.4. The van der Waals surface area contributed by atoms with E-state index < -0.39 is 15.8 Å². The second-order valence-electron chi connectivity index (χ2n) is 7.49. The molecule has 2 aromatic carbocycles. The number of nitrogens with zero attached hydrogens (tertiary/aromatic N) is 1. The number of hydrogen-bond acceptors (Lipinski definition) is 4. The van der Waals surface area contributed by atoms with E-state index >= 15 is 0 Å². The Morgan fingerprint density at radius 2 is 1.80 bits per heavy atom. The van der Waals surface area contributed by atoms with Crippen LogP contribution in [0, 0.1) is 17.6 Å². The summed E-state index contributed by atoms with van der Waals surface area (Å²) in [6, 6.07) is 9.68. The van der Waals surface area contributed by atoms with Crippen LogP contribution in [0.15, 0.2) is 52.3 Å². The molecule has 9 heteroatoms. The van der Waals surface area contributed by atoms with Gasteiger partial charge in [0.1, 0.15) is 16.5 Å². The lowest BCUT2D eigenvalue weighted by Crippen LogP contribution is -2.44. The van der Waals surface area contributed by atoms with Gasteiger partial charge < -0.3 is 5.32 Å². The molecular weight excluding hydrogens is 430 g/mol. The molecule has 2 heterocycles. The van der Waals surface area contributed by atoms with Crippen molar-refractivity contribution in [1.29, 1.82) is 0 Å². The summed E-state index contributed by atoms with van der Waals surface area (Å²) < 4.78 is 54.3. The average Bonchev–Trinajstić information content (AvgIpc) is 2.74. The molecule has 0 bridgehead atoms. The van der Waals surface area contributed by atoms with Crippen LogP contribution in [0.2, 0.25) is 0 Å². The van der Waals surface area contributed by atoms with Gasteiger partial charge in [-0.25, -0.2) is 17.2 Å². The molecule has 1 atom stereocenters. The van der Waals surface area contributed by atoms with Gasteiger partial charge in [-0.15, -0.1) is 11.8 Å². The lowest BCUT2D eigenvalue weighted by Gasteiger charge is -2.32. The Morgan fingerprint density at radius 3 is 2.53 bits per heavy atom. The maximum atomic E-state index is 14.0. The Kier molecular flexibility index (Phi) is 6.13. The zero-order valence-corrected chi connectivity index (χ0v) is 17.8. The topological polar surface area (TPSA) is 66.5 Å². The van der Waals surface area contributed by atoms with Crippen molar-refractivity contribution in [2.75, 3.05) is 18.8 Å². The molecule has 0 spiro atoms. The Morgan fingerprint density at radius 1 is 1.07 bits per heavy atom. The minimum Gasteiger partial charge on any atom is -0.349 e. The second kappa shape index (κ2) is 8.64. The lowest BCUT2D eigenvalue weighted by atomic mass is 9.95. The standard InChI is InChI=1S/C21H22F2N2O3S2/c22-15-5-6-19-16(13-15)18(9-12-29-19)24-21(26)14-7-10-25(11-8-14)30(27,28)20-4-2-1-3-17(20)23/h1-6,13-14,18H,7-12H2,(H,24,26)/t18-/m1/s1. The number of halogens is 2. The molecule has 2 aliphatic heterocycles. The van der Waals surface area contributed by atoms with E-state index in [1.54, 1.807) is 17.8 Å². The SMILES string of the molecule is O=C(N[C@@H]1CCSc2ccc(F)cc21)C1CCN(S(=O)(=O)c2ccccc2F)CC1. The van der Waals surface area contributed by atoms with Crippen LogP contribution in [0.4, 0.5) is 8.78 Å². The van der Waals surface area contributed by atoms with Crippen molar-refractivity contribution in [2.24, 2.45) is 5.92 Å². The van der Waals surface area contributed by atoms with Crippen LogP contribution < -0.4 is 5.32 Å². The zero-order chi connectivity index (χ0) is 21.3. The molecule has 5 nitrogen and oxygen atoms in total. The third-order valence-electron chi connectivity index (χ3n) is 5.61. The first kappa shape index (κ1) is 21.3. The fourth-order valence-corrected chi connectivity index (χ4v) is 6.60. The van der Waals surface area contributed by atoms with Crippen molar-refractivity contribution in [3.63, 3.8) is 0 Å². The molecule has 2 aliphatic rings. The van der Waals surface area contributed by atoms with Crippen molar-refractivity contribution in [1.82, 2.24) is 9.62 Å². The molecule has 2 aromatic rings. The maximum Gasteiger partial charge on any atom is 0.245 e. The Bertz CT molecular complexity index is 1050. The van der Waals surface area contributed by atoms with Crippen LogP contribution in [-0.4, -0.2) is 37.5 Å². The van der Waals surface area contributed by atoms with E-state index in [0.29, 0.717) is 19.3 Å². The van der Waals surface area contributed by atoms with Crippen LogP contribution in [0.25, 0.3) is 0 Å². The summed E-state index contributed by atoms with van der Waals surface area (Å²) in [6.07, 6.45) is 1.43. The minimum atomic E-state index is -3.93. The Hall–Kier alpha value is -1.97. The number of rotatable bonds is 4. The molecule has 1 saturated heterocycles. The fraction of sp³-hybridized carbons (Fsp3) is 0.381. The highest BCUT2D eigenvalue weighted by atomic mass is 32.2. The van der Waals surface area contributed by atoms with E-state index in [1.165, 1.54) is 34.6 Å². The fourth-order valence-electron chi connectivity index (χ4n) is 3.96. The van der Waals surface area contributed by atoms with Gasteiger partial charge >= 0.3 is 0 Å². The Labute approximate surface area is 178 Å². The third kappa shape index (κ3) is 4.24. The molecule has 0 aromatic heterocycles. The van der Waals surface area contributed by atoms with Gasteiger partial charge in [-0.1, -0.05) is 12.1 Å². The van der Waals surface area contributed by atoms with E-state index in [0.717, 1.165) is 22.3 Å². The predicted octanol–water partition coefficient (Wildman–Crippen LogP) is 3.72. The molecular formula is C21H22F2N2O3S2. The first-order valence-electron chi connectivity index (χ1n) is 9.83. The number of amides is 1. The van der Waals surface area contributed by atoms with Gasteiger partial charge in [0.15, 0.2) is 0 Å². The van der Waals surface area contributed by atoms with Gasteiger partial charge in [0.2, 0.25) is 15.9 Å². The molecule has 1 N–H and O–H groups in total. The second-order valence-corrected chi connectivity index (χ2v) is 10.5. The number of hydrogen-bond donors (Lipinski definition) is 1. The summed E-state index contributed by atoms with van der Waals surface area (Å²) in [7, 11) is -3.93. The van der Waals surface area contributed by atoms with Gasteiger partial charge in [-0.3, -0.25) is 4.79 Å². The summed E-state index contributed by atoms with van der Waals surface area (Å²) in [5.41, 5.74) is 0.791. The quantitative estimate of drug-likeness (QED) is 0.768. The molecule has 4 rings (SSSR count). The van der Waals surface area contributed by atoms with Gasteiger partial charge in [-0.2, -0.15) is 4.31 Å². The molecule has 30 heavy (non-hydrogen) atoms. The number of benzene rings is 2. The van der Waals surface area contributed by atoms with E-state index in [-0.39, 0.29) is 41.7 Å². The number of sulfonamides is 1. The van der Waals surface area contributed by atoms with Crippen LogP contribution in [0.1, 0.15) is 30.9 Å².